The third kappa shape index (κ3) is 8.26. The van der Waals surface area contributed by atoms with Gasteiger partial charge in [-0.05, 0) is 35.4 Å². The molecule has 0 aliphatic carbocycles. The first-order valence-corrected chi connectivity index (χ1v) is 12.1. The molecule has 34 heavy (non-hydrogen) atoms. The van der Waals surface area contributed by atoms with E-state index in [1.807, 2.05) is 30.3 Å². The van der Waals surface area contributed by atoms with E-state index in [2.05, 4.69) is 13.8 Å². The highest BCUT2D eigenvalue weighted by Gasteiger charge is 2.25. The number of esters is 2. The number of alkyl halides is 1. The zero-order valence-corrected chi connectivity index (χ0v) is 21.9. The monoisotopic (exact) mass is 530 g/mol. The highest BCUT2D eigenvalue weighted by Crippen LogP contribution is 2.38. The number of hydrogen-bond donors (Lipinski definition) is 0. The maximum atomic E-state index is 11.1. The van der Waals surface area contributed by atoms with Crippen molar-refractivity contribution in [2.24, 2.45) is 0 Å². The molecule has 0 aromatic heterocycles. The van der Waals surface area contributed by atoms with Gasteiger partial charge in [0.05, 0.1) is 29.1 Å². The highest BCUT2D eigenvalue weighted by atomic mass is 35.5. The normalized spacial score (nSPS) is 12.1. The van der Waals surface area contributed by atoms with Crippen molar-refractivity contribution in [1.82, 2.24) is 0 Å². The third-order valence-corrected chi connectivity index (χ3v) is 6.02. The molecule has 0 aliphatic rings. The van der Waals surface area contributed by atoms with Crippen LogP contribution in [0.3, 0.4) is 0 Å². The van der Waals surface area contributed by atoms with E-state index in [1.165, 1.54) is 13.8 Å². The van der Waals surface area contributed by atoms with Crippen LogP contribution in [-0.2, 0) is 24.5 Å². The fraction of sp³-hybridized carbons (Fsp3) is 0.440. The van der Waals surface area contributed by atoms with E-state index in [9.17, 15) is 9.59 Å². The van der Waals surface area contributed by atoms with Crippen LogP contribution in [0.5, 0.6) is 11.5 Å². The van der Waals surface area contributed by atoms with Crippen molar-refractivity contribution in [3.05, 3.63) is 57.6 Å². The molecule has 0 N–H and O–H groups in total. The highest BCUT2D eigenvalue weighted by molar-refractivity contribution is 6.32. The number of ether oxygens (including phenoxy) is 4. The topological polar surface area (TPSA) is 71.1 Å². The van der Waals surface area contributed by atoms with Gasteiger partial charge in [0.2, 0.25) is 0 Å². The number of rotatable bonds is 12. The molecule has 0 bridgehead atoms. The summed E-state index contributed by atoms with van der Waals surface area (Å²) in [7, 11) is 0. The molecule has 2 rings (SSSR count). The molecular formula is C25H29Cl3O6. The van der Waals surface area contributed by atoms with Gasteiger partial charge in [-0.1, -0.05) is 49.2 Å². The maximum Gasteiger partial charge on any atom is 0.303 e. The average Bonchev–Trinajstić information content (AvgIpc) is 2.77. The molecule has 0 heterocycles. The van der Waals surface area contributed by atoms with Crippen LogP contribution in [0, 0.1) is 0 Å². The first-order chi connectivity index (χ1) is 16.0. The Balaban J connectivity index is 2.07. The summed E-state index contributed by atoms with van der Waals surface area (Å²) in [5.74, 6) is 0.418. The Kier molecular flexibility index (Phi) is 10.8. The van der Waals surface area contributed by atoms with Crippen molar-refractivity contribution >= 4 is 46.7 Å². The summed E-state index contributed by atoms with van der Waals surface area (Å²) in [5.41, 5.74) is 1.53. The van der Waals surface area contributed by atoms with Crippen LogP contribution >= 0.6 is 34.8 Å². The number of carbonyl (C=O) groups is 2. The molecule has 0 saturated heterocycles. The lowest BCUT2D eigenvalue weighted by Crippen LogP contribution is -2.25. The van der Waals surface area contributed by atoms with E-state index in [0.29, 0.717) is 41.2 Å². The number of halogens is 3. The lowest BCUT2D eigenvalue weighted by Gasteiger charge is -2.27. The van der Waals surface area contributed by atoms with Gasteiger partial charge < -0.3 is 18.9 Å². The van der Waals surface area contributed by atoms with Crippen molar-refractivity contribution in [3.63, 3.8) is 0 Å². The average molecular weight is 532 g/mol. The van der Waals surface area contributed by atoms with Gasteiger partial charge in [-0.2, -0.15) is 0 Å². The SMILES string of the molecule is CC(=O)OCCCOc1ccc(C(C)(C)c2ccc(OC[C@@H](CCl)OC(C)=O)c(Cl)c2)cc1Cl. The first-order valence-electron chi connectivity index (χ1n) is 10.8. The summed E-state index contributed by atoms with van der Waals surface area (Å²) in [6.45, 7) is 7.60. The van der Waals surface area contributed by atoms with Gasteiger partial charge in [0.25, 0.3) is 0 Å². The van der Waals surface area contributed by atoms with Crippen LogP contribution < -0.4 is 9.47 Å². The fourth-order valence-electron chi connectivity index (χ4n) is 3.16. The summed E-state index contributed by atoms with van der Waals surface area (Å²) >= 11 is 18.8. The van der Waals surface area contributed by atoms with E-state index in [0.717, 1.165) is 11.1 Å². The fourth-order valence-corrected chi connectivity index (χ4v) is 3.79. The van der Waals surface area contributed by atoms with Gasteiger partial charge in [0, 0.05) is 25.7 Å². The van der Waals surface area contributed by atoms with E-state index in [1.54, 1.807) is 6.07 Å². The van der Waals surface area contributed by atoms with E-state index in [4.69, 9.17) is 53.8 Å². The van der Waals surface area contributed by atoms with Crippen LogP contribution in [0.15, 0.2) is 36.4 Å². The minimum absolute atomic E-state index is 0.101. The number of benzene rings is 2. The lowest BCUT2D eigenvalue weighted by atomic mass is 9.78. The molecule has 9 heteroatoms. The Labute approximate surface area is 215 Å². The summed E-state index contributed by atoms with van der Waals surface area (Å²) in [6, 6.07) is 11.2. The lowest BCUT2D eigenvalue weighted by molar-refractivity contribution is -0.146. The molecule has 0 unspecified atom stereocenters. The Hall–Kier alpha value is -2.15. The van der Waals surface area contributed by atoms with Gasteiger partial charge in [-0.15, -0.1) is 11.6 Å². The summed E-state index contributed by atoms with van der Waals surface area (Å²) < 4.78 is 21.4. The van der Waals surface area contributed by atoms with Crippen molar-refractivity contribution in [2.75, 3.05) is 25.7 Å². The second kappa shape index (κ2) is 13.1. The maximum absolute atomic E-state index is 11.1. The van der Waals surface area contributed by atoms with Crippen LogP contribution in [0.4, 0.5) is 0 Å². The molecule has 186 valence electrons. The zero-order valence-electron chi connectivity index (χ0n) is 19.7. The van der Waals surface area contributed by atoms with Crippen molar-refractivity contribution in [3.8, 4) is 11.5 Å². The first kappa shape index (κ1) is 28.1. The summed E-state index contributed by atoms with van der Waals surface area (Å²) in [4.78, 5) is 21.9. The largest absolute Gasteiger partial charge is 0.492 e. The molecule has 0 fully saturated rings. The smallest absolute Gasteiger partial charge is 0.303 e. The Morgan fingerprint density at radius 1 is 0.882 bits per heavy atom. The minimum Gasteiger partial charge on any atom is -0.492 e. The predicted octanol–water partition coefficient (Wildman–Crippen LogP) is 6.20. The van der Waals surface area contributed by atoms with Crippen LogP contribution in [0.1, 0.15) is 45.2 Å². The van der Waals surface area contributed by atoms with Gasteiger partial charge in [0.15, 0.2) is 0 Å². The molecule has 0 aliphatic heterocycles. The zero-order chi connectivity index (χ0) is 25.3. The quantitative estimate of drug-likeness (QED) is 0.184. The van der Waals surface area contributed by atoms with Crippen molar-refractivity contribution in [1.29, 1.82) is 0 Å². The third-order valence-electron chi connectivity index (χ3n) is 5.09. The molecule has 0 spiro atoms. The Bertz CT molecular complexity index is 993. The molecule has 1 atom stereocenters. The molecule has 2 aromatic rings. The van der Waals surface area contributed by atoms with Gasteiger partial charge in [-0.25, -0.2) is 0 Å². The van der Waals surface area contributed by atoms with E-state index < -0.39 is 17.5 Å². The van der Waals surface area contributed by atoms with Gasteiger partial charge >= 0.3 is 11.9 Å². The van der Waals surface area contributed by atoms with Crippen LogP contribution in [0.2, 0.25) is 10.0 Å². The molecule has 0 amide bonds. The van der Waals surface area contributed by atoms with Gasteiger partial charge in [-0.3, -0.25) is 9.59 Å². The molecule has 0 saturated carbocycles. The number of hydrogen-bond acceptors (Lipinski definition) is 6. The second-order valence-corrected chi connectivity index (χ2v) is 9.28. The van der Waals surface area contributed by atoms with Crippen molar-refractivity contribution in [2.45, 2.75) is 45.6 Å². The van der Waals surface area contributed by atoms with E-state index >= 15 is 0 Å². The minimum atomic E-state index is -0.559. The van der Waals surface area contributed by atoms with Crippen LogP contribution in [-0.4, -0.2) is 43.7 Å². The summed E-state index contributed by atoms with van der Waals surface area (Å²) in [6.07, 6.45) is 0.0126. The second-order valence-electron chi connectivity index (χ2n) is 8.15. The van der Waals surface area contributed by atoms with E-state index in [-0.39, 0.29) is 18.5 Å². The van der Waals surface area contributed by atoms with Crippen LogP contribution in [0.25, 0.3) is 0 Å². The molecule has 2 aromatic carbocycles. The Morgan fingerprint density at radius 2 is 1.44 bits per heavy atom. The standard InChI is InChI=1S/C25H29Cl3O6/c1-16(29)31-10-5-11-32-23-8-6-18(12-21(23)27)25(3,4)19-7-9-24(22(28)13-19)33-15-20(14-26)34-17(2)30/h6-9,12-13,20H,5,10-11,14-15H2,1-4H3/t20-/m1/s1. The molecular weight excluding hydrogens is 503 g/mol. The Morgan fingerprint density at radius 3 is 1.91 bits per heavy atom. The molecule has 6 nitrogen and oxygen atoms in total. The van der Waals surface area contributed by atoms with Crippen molar-refractivity contribution < 1.29 is 28.5 Å². The number of carbonyl (C=O) groups excluding carboxylic acids is 2. The van der Waals surface area contributed by atoms with Gasteiger partial charge in [0.1, 0.15) is 24.2 Å². The molecule has 0 radical (unpaired) electrons. The predicted molar refractivity (Wildman–Crippen MR) is 134 cm³/mol. The summed E-state index contributed by atoms with van der Waals surface area (Å²) in [5, 5.41) is 0.919.